The van der Waals surface area contributed by atoms with Crippen LogP contribution < -0.4 is 0 Å². The number of ether oxygens (including phenoxy) is 1. The highest BCUT2D eigenvalue weighted by Crippen LogP contribution is 2.44. The quantitative estimate of drug-likeness (QED) is 0.687. The number of carbonyl (C=O) groups excluding carboxylic acids is 1. The molecular formula is C15H14O5. The molecule has 2 aromatic carbocycles. The van der Waals surface area contributed by atoms with Crippen LogP contribution in [-0.4, -0.2) is 27.2 Å². The standard InChI is InChI=1S/C15H14O5/c1-6-12-10(14(18)7(2)20-6)4-8-3-9(16)5-11(17)13(8)15(12)19/h3-7,16-17,19H,1-2H3/t6-,7-/m1/s1. The topological polar surface area (TPSA) is 87.0 Å². The molecule has 0 radical (unpaired) electrons. The van der Waals surface area contributed by atoms with E-state index in [0.717, 1.165) is 6.07 Å². The lowest BCUT2D eigenvalue weighted by Crippen LogP contribution is -2.29. The average Bonchev–Trinajstić information content (AvgIpc) is 2.34. The lowest BCUT2D eigenvalue weighted by Gasteiger charge is -2.28. The van der Waals surface area contributed by atoms with Gasteiger partial charge in [-0.2, -0.15) is 0 Å². The van der Waals surface area contributed by atoms with Gasteiger partial charge < -0.3 is 20.1 Å². The maximum atomic E-state index is 12.2. The van der Waals surface area contributed by atoms with Crippen LogP contribution in [0, 0.1) is 0 Å². The van der Waals surface area contributed by atoms with E-state index in [0.29, 0.717) is 16.5 Å². The third kappa shape index (κ3) is 1.63. The van der Waals surface area contributed by atoms with Gasteiger partial charge in [-0.05, 0) is 31.4 Å². The normalized spacial score (nSPS) is 22.0. The number of Topliss-reactive ketones (excluding diaryl/α,β-unsaturated/α-hetero) is 1. The first kappa shape index (κ1) is 12.7. The maximum absolute atomic E-state index is 12.2. The molecule has 0 saturated heterocycles. The van der Waals surface area contributed by atoms with E-state index < -0.39 is 12.2 Å². The Bertz CT molecular complexity index is 735. The van der Waals surface area contributed by atoms with Gasteiger partial charge in [-0.1, -0.05) is 0 Å². The molecule has 3 N–H and O–H groups in total. The van der Waals surface area contributed by atoms with E-state index >= 15 is 0 Å². The second-order valence-electron chi connectivity index (χ2n) is 5.03. The summed E-state index contributed by atoms with van der Waals surface area (Å²) in [6.45, 7) is 3.40. The van der Waals surface area contributed by atoms with E-state index in [1.807, 2.05) is 0 Å². The summed E-state index contributed by atoms with van der Waals surface area (Å²) >= 11 is 0. The van der Waals surface area contributed by atoms with Gasteiger partial charge in [0.25, 0.3) is 0 Å². The van der Waals surface area contributed by atoms with Crippen molar-refractivity contribution in [2.45, 2.75) is 26.1 Å². The summed E-state index contributed by atoms with van der Waals surface area (Å²) in [5, 5.41) is 30.4. The largest absolute Gasteiger partial charge is 0.508 e. The second-order valence-corrected chi connectivity index (χ2v) is 5.03. The number of aromatic hydroxyl groups is 3. The molecule has 0 saturated carbocycles. The van der Waals surface area contributed by atoms with Crippen molar-refractivity contribution in [2.75, 3.05) is 0 Å². The first-order valence-electron chi connectivity index (χ1n) is 6.31. The van der Waals surface area contributed by atoms with Gasteiger partial charge in [-0.25, -0.2) is 0 Å². The molecule has 3 rings (SSSR count). The Morgan fingerprint density at radius 2 is 1.75 bits per heavy atom. The minimum atomic E-state index is -0.583. The van der Waals surface area contributed by atoms with Crippen molar-refractivity contribution in [1.29, 1.82) is 0 Å². The van der Waals surface area contributed by atoms with E-state index in [1.165, 1.54) is 6.07 Å². The van der Waals surface area contributed by atoms with Gasteiger partial charge in [0.1, 0.15) is 23.4 Å². The molecule has 0 unspecified atom stereocenters. The molecule has 1 aliphatic rings. The minimum absolute atomic E-state index is 0.130. The van der Waals surface area contributed by atoms with E-state index in [4.69, 9.17) is 4.74 Å². The van der Waals surface area contributed by atoms with E-state index in [1.54, 1.807) is 19.9 Å². The summed E-state index contributed by atoms with van der Waals surface area (Å²) < 4.78 is 5.48. The number of hydrogen-bond acceptors (Lipinski definition) is 5. The van der Waals surface area contributed by atoms with Crippen molar-refractivity contribution < 1.29 is 24.9 Å². The highest BCUT2D eigenvalue weighted by molar-refractivity contribution is 6.08. The summed E-state index contributed by atoms with van der Waals surface area (Å²) in [6.07, 6.45) is -1.03. The molecule has 20 heavy (non-hydrogen) atoms. The number of fused-ring (bicyclic) bond motifs is 2. The molecule has 1 heterocycles. The molecular weight excluding hydrogens is 260 g/mol. The number of phenols is 3. The van der Waals surface area contributed by atoms with Gasteiger partial charge in [0, 0.05) is 17.2 Å². The van der Waals surface area contributed by atoms with Crippen LogP contribution in [0.5, 0.6) is 17.2 Å². The summed E-state index contributed by atoms with van der Waals surface area (Å²) in [7, 11) is 0. The van der Waals surface area contributed by atoms with Gasteiger partial charge in [0.2, 0.25) is 0 Å². The summed E-state index contributed by atoms with van der Waals surface area (Å²) in [4.78, 5) is 12.2. The van der Waals surface area contributed by atoms with Gasteiger partial charge in [0.15, 0.2) is 5.78 Å². The van der Waals surface area contributed by atoms with E-state index in [-0.39, 0.29) is 28.4 Å². The molecule has 0 fully saturated rings. The van der Waals surface area contributed by atoms with Crippen molar-refractivity contribution in [3.63, 3.8) is 0 Å². The molecule has 2 atom stereocenters. The predicted molar refractivity (Wildman–Crippen MR) is 72.2 cm³/mol. The van der Waals surface area contributed by atoms with Crippen molar-refractivity contribution in [3.8, 4) is 17.2 Å². The zero-order valence-corrected chi connectivity index (χ0v) is 11.0. The van der Waals surface area contributed by atoms with Crippen molar-refractivity contribution in [3.05, 3.63) is 29.3 Å². The van der Waals surface area contributed by atoms with Crippen molar-refractivity contribution >= 4 is 16.6 Å². The van der Waals surface area contributed by atoms with E-state index in [9.17, 15) is 20.1 Å². The Morgan fingerprint density at radius 1 is 1.05 bits per heavy atom. The smallest absolute Gasteiger partial charge is 0.191 e. The number of phenolic OH excluding ortho intramolecular Hbond substituents is 3. The molecule has 5 nitrogen and oxygen atoms in total. The number of carbonyl (C=O) groups is 1. The van der Waals surface area contributed by atoms with Crippen LogP contribution in [0.15, 0.2) is 18.2 Å². The minimum Gasteiger partial charge on any atom is -0.508 e. The summed E-state index contributed by atoms with van der Waals surface area (Å²) in [5.74, 6) is -0.769. The van der Waals surface area contributed by atoms with Crippen molar-refractivity contribution in [1.82, 2.24) is 0 Å². The van der Waals surface area contributed by atoms with E-state index in [2.05, 4.69) is 0 Å². The molecule has 0 bridgehead atoms. The zero-order chi connectivity index (χ0) is 14.6. The molecule has 0 amide bonds. The average molecular weight is 274 g/mol. The zero-order valence-electron chi connectivity index (χ0n) is 11.0. The van der Waals surface area contributed by atoms with Gasteiger partial charge >= 0.3 is 0 Å². The van der Waals surface area contributed by atoms with Crippen LogP contribution in [0.4, 0.5) is 0 Å². The fraction of sp³-hybridized carbons (Fsp3) is 0.267. The van der Waals surface area contributed by atoms with Crippen LogP contribution in [-0.2, 0) is 4.74 Å². The fourth-order valence-electron chi connectivity index (χ4n) is 2.77. The Hall–Kier alpha value is -2.27. The highest BCUT2D eigenvalue weighted by atomic mass is 16.5. The Kier molecular flexibility index (Phi) is 2.62. The molecule has 2 aromatic rings. The van der Waals surface area contributed by atoms with Crippen molar-refractivity contribution in [2.24, 2.45) is 0 Å². The lowest BCUT2D eigenvalue weighted by molar-refractivity contribution is 0.00227. The Balaban J connectivity index is 2.43. The number of ketones is 1. The third-order valence-corrected chi connectivity index (χ3v) is 3.66. The number of rotatable bonds is 0. The number of hydrogen-bond donors (Lipinski definition) is 3. The van der Waals surface area contributed by atoms with Gasteiger partial charge in [-0.15, -0.1) is 0 Å². The Morgan fingerprint density at radius 3 is 2.45 bits per heavy atom. The fourth-order valence-corrected chi connectivity index (χ4v) is 2.77. The Labute approximate surface area is 115 Å². The molecule has 1 aliphatic heterocycles. The molecule has 104 valence electrons. The maximum Gasteiger partial charge on any atom is 0.191 e. The van der Waals surface area contributed by atoms with Gasteiger partial charge in [0.05, 0.1) is 11.5 Å². The van der Waals surface area contributed by atoms with Crippen LogP contribution in [0.3, 0.4) is 0 Å². The summed E-state index contributed by atoms with van der Waals surface area (Å²) in [5.41, 5.74) is 0.743. The van der Waals surface area contributed by atoms with Crippen LogP contribution in [0.25, 0.3) is 10.8 Å². The van der Waals surface area contributed by atoms with Crippen LogP contribution >= 0.6 is 0 Å². The first-order valence-corrected chi connectivity index (χ1v) is 6.31. The monoisotopic (exact) mass is 274 g/mol. The summed E-state index contributed by atoms with van der Waals surface area (Å²) in [6, 6.07) is 4.11. The molecule has 0 aliphatic carbocycles. The van der Waals surface area contributed by atoms with Gasteiger partial charge in [-0.3, -0.25) is 4.79 Å². The highest BCUT2D eigenvalue weighted by Gasteiger charge is 2.33. The molecule has 5 heteroatoms. The number of benzene rings is 2. The predicted octanol–water partition coefficient (Wildman–Crippen LogP) is 2.62. The molecule has 0 spiro atoms. The third-order valence-electron chi connectivity index (χ3n) is 3.66. The van der Waals surface area contributed by atoms with Crippen LogP contribution in [0.2, 0.25) is 0 Å². The SMILES string of the molecule is C[C@H]1O[C@H](C)c2c(cc3cc(O)cc(O)c3c2O)C1=O. The van der Waals surface area contributed by atoms with Crippen LogP contribution in [0.1, 0.15) is 35.9 Å². The molecule has 0 aromatic heterocycles. The lowest BCUT2D eigenvalue weighted by atomic mass is 9.89. The second kappa shape index (κ2) is 4.11. The first-order chi connectivity index (χ1) is 9.40.